The van der Waals surface area contributed by atoms with Gasteiger partial charge in [-0.1, -0.05) is 18.2 Å². The van der Waals surface area contributed by atoms with Gasteiger partial charge in [0, 0.05) is 24.8 Å². The Morgan fingerprint density at radius 1 is 1.18 bits per heavy atom. The summed E-state index contributed by atoms with van der Waals surface area (Å²) < 4.78 is 12.9. The molecule has 0 unspecified atom stereocenters. The molecule has 1 heterocycles. The Kier molecular flexibility index (Phi) is 3.67. The van der Waals surface area contributed by atoms with E-state index in [0.29, 0.717) is 13.1 Å². The van der Waals surface area contributed by atoms with Gasteiger partial charge in [0.25, 0.3) is 0 Å². The third-order valence-corrected chi connectivity index (χ3v) is 2.40. The summed E-state index contributed by atoms with van der Waals surface area (Å²) in [5, 5.41) is 12.7. The summed E-state index contributed by atoms with van der Waals surface area (Å²) in [4.78, 5) is 3.76. The summed E-state index contributed by atoms with van der Waals surface area (Å²) in [5.41, 5.74) is 1.59. The zero-order valence-electron chi connectivity index (χ0n) is 9.23. The zero-order valence-corrected chi connectivity index (χ0v) is 9.23. The van der Waals surface area contributed by atoms with E-state index in [1.807, 2.05) is 12.1 Å². The number of aromatic nitrogens is 1. The Bertz CT molecular complexity index is 502. The minimum atomic E-state index is -0.341. The first kappa shape index (κ1) is 11.5. The summed E-state index contributed by atoms with van der Waals surface area (Å²) in [6.45, 7) is 1.04. The zero-order chi connectivity index (χ0) is 12.1. The van der Waals surface area contributed by atoms with Crippen LogP contribution in [-0.2, 0) is 13.1 Å². The molecule has 0 atom stereocenters. The van der Waals surface area contributed by atoms with Gasteiger partial charge in [0.2, 0.25) is 0 Å². The van der Waals surface area contributed by atoms with Crippen molar-refractivity contribution in [1.29, 1.82) is 0 Å². The van der Waals surface area contributed by atoms with Gasteiger partial charge in [-0.2, -0.15) is 0 Å². The predicted octanol–water partition coefficient (Wildman–Crippen LogP) is 2.22. The van der Waals surface area contributed by atoms with Crippen molar-refractivity contribution in [3.8, 4) is 5.75 Å². The fraction of sp³-hybridized carbons (Fsp3) is 0.154. The molecule has 0 saturated carbocycles. The number of rotatable bonds is 4. The first-order valence-corrected chi connectivity index (χ1v) is 5.33. The molecular weight excluding hydrogens is 219 g/mol. The number of nitrogens with one attached hydrogen (secondary N) is 1. The Morgan fingerprint density at radius 3 is 2.76 bits per heavy atom. The molecule has 0 amide bonds. The molecule has 2 N–H and O–H groups in total. The molecule has 0 fully saturated rings. The van der Waals surface area contributed by atoms with Crippen LogP contribution in [0.5, 0.6) is 5.75 Å². The van der Waals surface area contributed by atoms with Crippen LogP contribution in [0, 0.1) is 5.82 Å². The van der Waals surface area contributed by atoms with Crippen molar-refractivity contribution >= 4 is 0 Å². The number of halogens is 1. The van der Waals surface area contributed by atoms with Crippen LogP contribution in [0.2, 0.25) is 0 Å². The van der Waals surface area contributed by atoms with E-state index in [1.165, 1.54) is 12.3 Å². The molecule has 0 radical (unpaired) electrons. The fourth-order valence-electron chi connectivity index (χ4n) is 1.55. The summed E-state index contributed by atoms with van der Waals surface area (Å²) in [6.07, 6.45) is 2.79. The van der Waals surface area contributed by atoms with Crippen molar-refractivity contribution in [3.05, 3.63) is 59.7 Å². The van der Waals surface area contributed by atoms with E-state index in [9.17, 15) is 9.50 Å². The van der Waals surface area contributed by atoms with Gasteiger partial charge < -0.3 is 10.4 Å². The topological polar surface area (TPSA) is 45.1 Å². The molecule has 3 nitrogen and oxygen atoms in total. The number of hydrogen-bond donors (Lipinski definition) is 2. The molecule has 0 saturated heterocycles. The summed E-state index contributed by atoms with van der Waals surface area (Å²) >= 11 is 0. The normalized spacial score (nSPS) is 10.4. The van der Waals surface area contributed by atoms with E-state index in [-0.39, 0.29) is 11.6 Å². The number of aromatic hydroxyl groups is 1. The molecule has 0 spiro atoms. The molecule has 0 aliphatic carbocycles. The number of nitrogens with zero attached hydrogens (tertiary/aromatic N) is 1. The lowest BCUT2D eigenvalue weighted by molar-refractivity contribution is 0.464. The van der Waals surface area contributed by atoms with Gasteiger partial charge >= 0.3 is 0 Å². The SMILES string of the molecule is Oc1ccccc1CNCc1cncc(F)c1. The van der Waals surface area contributed by atoms with Crippen molar-refractivity contribution in [1.82, 2.24) is 10.3 Å². The van der Waals surface area contributed by atoms with Crippen molar-refractivity contribution in [2.24, 2.45) is 0 Å². The minimum absolute atomic E-state index is 0.261. The number of benzene rings is 1. The van der Waals surface area contributed by atoms with Gasteiger partial charge in [0.1, 0.15) is 11.6 Å². The van der Waals surface area contributed by atoms with Crippen LogP contribution in [0.15, 0.2) is 42.7 Å². The molecule has 1 aromatic carbocycles. The van der Waals surface area contributed by atoms with Crippen LogP contribution in [0.4, 0.5) is 4.39 Å². The van der Waals surface area contributed by atoms with Crippen molar-refractivity contribution < 1.29 is 9.50 Å². The van der Waals surface area contributed by atoms with Gasteiger partial charge in [0.15, 0.2) is 0 Å². The molecule has 0 aliphatic rings. The molecule has 2 rings (SSSR count). The highest BCUT2D eigenvalue weighted by atomic mass is 19.1. The highest BCUT2D eigenvalue weighted by molar-refractivity contribution is 5.31. The third-order valence-electron chi connectivity index (χ3n) is 2.40. The number of para-hydroxylation sites is 1. The van der Waals surface area contributed by atoms with E-state index < -0.39 is 0 Å². The monoisotopic (exact) mass is 232 g/mol. The Hall–Kier alpha value is -1.94. The van der Waals surface area contributed by atoms with Crippen LogP contribution < -0.4 is 5.32 Å². The van der Waals surface area contributed by atoms with Gasteiger partial charge in [-0.3, -0.25) is 4.98 Å². The average molecular weight is 232 g/mol. The second-order valence-electron chi connectivity index (χ2n) is 3.74. The van der Waals surface area contributed by atoms with Crippen LogP contribution in [0.25, 0.3) is 0 Å². The maximum Gasteiger partial charge on any atom is 0.141 e. The third kappa shape index (κ3) is 3.26. The Balaban J connectivity index is 1.90. The lowest BCUT2D eigenvalue weighted by atomic mass is 10.2. The first-order chi connectivity index (χ1) is 8.25. The van der Waals surface area contributed by atoms with Gasteiger partial charge in [-0.15, -0.1) is 0 Å². The van der Waals surface area contributed by atoms with E-state index >= 15 is 0 Å². The molecule has 0 aliphatic heterocycles. The number of pyridine rings is 1. The second-order valence-corrected chi connectivity index (χ2v) is 3.74. The van der Waals surface area contributed by atoms with E-state index in [4.69, 9.17) is 0 Å². The smallest absolute Gasteiger partial charge is 0.141 e. The standard InChI is InChI=1S/C13H13FN2O/c14-12-5-10(7-16-9-12)6-15-8-11-3-1-2-4-13(11)17/h1-5,7,9,15,17H,6,8H2. The lowest BCUT2D eigenvalue weighted by Crippen LogP contribution is -2.13. The van der Waals surface area contributed by atoms with Gasteiger partial charge in [-0.05, 0) is 17.7 Å². The molecule has 1 aromatic heterocycles. The maximum absolute atomic E-state index is 12.9. The molecule has 4 heteroatoms. The van der Waals surface area contributed by atoms with E-state index in [1.54, 1.807) is 18.3 Å². The van der Waals surface area contributed by atoms with Crippen LogP contribution in [-0.4, -0.2) is 10.1 Å². The summed E-state index contributed by atoms with van der Waals surface area (Å²) in [5.74, 6) is -0.0794. The molecule has 88 valence electrons. The molecule has 2 aromatic rings. The summed E-state index contributed by atoms with van der Waals surface area (Å²) in [6, 6.07) is 8.55. The van der Waals surface area contributed by atoms with Gasteiger partial charge in [-0.25, -0.2) is 4.39 Å². The highest BCUT2D eigenvalue weighted by Gasteiger charge is 2.00. The van der Waals surface area contributed by atoms with Gasteiger partial charge in [0.05, 0.1) is 6.20 Å². The Labute approximate surface area is 98.9 Å². The van der Waals surface area contributed by atoms with E-state index in [0.717, 1.165) is 11.1 Å². The highest BCUT2D eigenvalue weighted by Crippen LogP contribution is 2.15. The molecular formula is C13H13FN2O. The fourth-order valence-corrected chi connectivity index (χ4v) is 1.55. The number of phenolic OH excluding ortho intramolecular Hbond substituents is 1. The van der Waals surface area contributed by atoms with Crippen molar-refractivity contribution in [3.63, 3.8) is 0 Å². The minimum Gasteiger partial charge on any atom is -0.508 e. The lowest BCUT2D eigenvalue weighted by Gasteiger charge is -2.06. The Morgan fingerprint density at radius 2 is 2.00 bits per heavy atom. The average Bonchev–Trinajstić information content (AvgIpc) is 2.32. The van der Waals surface area contributed by atoms with Crippen LogP contribution in [0.1, 0.15) is 11.1 Å². The maximum atomic E-state index is 12.9. The first-order valence-electron chi connectivity index (χ1n) is 5.33. The van der Waals surface area contributed by atoms with E-state index in [2.05, 4.69) is 10.3 Å². The van der Waals surface area contributed by atoms with Crippen LogP contribution >= 0.6 is 0 Å². The second kappa shape index (κ2) is 5.41. The van der Waals surface area contributed by atoms with Crippen molar-refractivity contribution in [2.75, 3.05) is 0 Å². The molecule has 0 bridgehead atoms. The van der Waals surface area contributed by atoms with Crippen molar-refractivity contribution in [2.45, 2.75) is 13.1 Å². The number of hydrogen-bond acceptors (Lipinski definition) is 3. The number of phenols is 1. The largest absolute Gasteiger partial charge is 0.508 e. The quantitative estimate of drug-likeness (QED) is 0.849. The predicted molar refractivity (Wildman–Crippen MR) is 62.8 cm³/mol. The van der Waals surface area contributed by atoms with Crippen LogP contribution in [0.3, 0.4) is 0 Å². The molecule has 17 heavy (non-hydrogen) atoms. The summed E-state index contributed by atoms with van der Waals surface area (Å²) in [7, 11) is 0.